The number of benzene rings is 3. The first-order chi connectivity index (χ1) is 18.8. The Morgan fingerprint density at radius 2 is 1.72 bits per heavy atom. The molecule has 2 heterocycles. The number of hydrogen-bond acceptors (Lipinski definition) is 5. The van der Waals surface area contributed by atoms with Gasteiger partial charge in [-0.2, -0.15) is 0 Å². The fourth-order valence-corrected chi connectivity index (χ4v) is 4.94. The van der Waals surface area contributed by atoms with Gasteiger partial charge in [-0.05, 0) is 65.6 Å². The summed E-state index contributed by atoms with van der Waals surface area (Å²) >= 11 is 12.5. The number of aryl methyl sites for hydroxylation is 1. The first-order valence-electron chi connectivity index (χ1n) is 12.2. The molecule has 1 amide bonds. The SMILES string of the molecule is Cc1cc(OCc2ccccc2)ccc1C(O)=C1C(=O)C(=O)N(Cc2cccnc2)[C@H]1c1ccc(Cl)c(Cl)c1. The van der Waals surface area contributed by atoms with Gasteiger partial charge in [-0.25, -0.2) is 0 Å². The third kappa shape index (κ3) is 5.53. The average Bonchev–Trinajstić information content (AvgIpc) is 3.19. The second kappa shape index (κ2) is 11.3. The Hall–Kier alpha value is -4.13. The van der Waals surface area contributed by atoms with E-state index in [2.05, 4.69) is 4.98 Å². The van der Waals surface area contributed by atoms with E-state index in [9.17, 15) is 14.7 Å². The van der Waals surface area contributed by atoms with Crippen molar-refractivity contribution in [2.24, 2.45) is 0 Å². The van der Waals surface area contributed by atoms with Crippen molar-refractivity contribution < 1.29 is 19.4 Å². The van der Waals surface area contributed by atoms with Gasteiger partial charge < -0.3 is 14.7 Å². The first kappa shape index (κ1) is 26.5. The number of likely N-dealkylation sites (tertiary alicyclic amines) is 1. The summed E-state index contributed by atoms with van der Waals surface area (Å²) in [5, 5.41) is 12.1. The Balaban J connectivity index is 1.54. The Bertz CT molecular complexity index is 1570. The van der Waals surface area contributed by atoms with Crippen LogP contribution in [0.3, 0.4) is 0 Å². The zero-order valence-electron chi connectivity index (χ0n) is 21.0. The zero-order chi connectivity index (χ0) is 27.5. The molecule has 0 unspecified atom stereocenters. The van der Waals surface area contributed by atoms with E-state index >= 15 is 0 Å². The topological polar surface area (TPSA) is 79.7 Å². The Morgan fingerprint density at radius 1 is 0.949 bits per heavy atom. The minimum atomic E-state index is -0.881. The number of halogens is 2. The standard InChI is InChI=1S/C31H24Cl2N2O4/c1-19-14-23(39-18-20-6-3-2-4-7-20)10-11-24(19)29(36)27-28(22-9-12-25(32)26(33)15-22)35(31(38)30(27)37)17-21-8-5-13-34-16-21/h2-16,28,36H,17-18H2,1H3/t28-/m0/s1. The highest BCUT2D eigenvalue weighted by Gasteiger charge is 2.46. The number of aliphatic hydroxyl groups is 1. The lowest BCUT2D eigenvalue weighted by molar-refractivity contribution is -0.140. The van der Waals surface area contributed by atoms with Gasteiger partial charge in [0.1, 0.15) is 18.1 Å². The van der Waals surface area contributed by atoms with Crippen molar-refractivity contribution in [3.05, 3.63) is 135 Å². The van der Waals surface area contributed by atoms with Gasteiger partial charge in [0.05, 0.1) is 21.7 Å². The van der Waals surface area contributed by atoms with Crippen molar-refractivity contribution in [2.45, 2.75) is 26.1 Å². The molecule has 1 saturated heterocycles. The second-order valence-electron chi connectivity index (χ2n) is 9.21. The van der Waals surface area contributed by atoms with Gasteiger partial charge >= 0.3 is 0 Å². The van der Waals surface area contributed by atoms with E-state index in [0.29, 0.717) is 34.1 Å². The molecule has 3 aromatic carbocycles. The number of pyridine rings is 1. The maximum Gasteiger partial charge on any atom is 0.295 e. The van der Waals surface area contributed by atoms with Crippen LogP contribution in [0.15, 0.2) is 96.8 Å². The van der Waals surface area contributed by atoms with Gasteiger partial charge in [0, 0.05) is 24.5 Å². The molecule has 6 nitrogen and oxygen atoms in total. The first-order valence-corrected chi connectivity index (χ1v) is 13.0. The van der Waals surface area contributed by atoms with Crippen molar-refractivity contribution in [3.8, 4) is 5.75 Å². The monoisotopic (exact) mass is 558 g/mol. The number of nitrogens with zero attached hydrogens (tertiary/aromatic N) is 2. The molecule has 1 aromatic heterocycles. The van der Waals surface area contributed by atoms with Crippen LogP contribution in [0, 0.1) is 6.92 Å². The molecule has 4 aromatic rings. The van der Waals surface area contributed by atoms with Crippen LogP contribution in [0.2, 0.25) is 10.0 Å². The van der Waals surface area contributed by atoms with Crippen LogP contribution in [-0.4, -0.2) is 26.7 Å². The molecular weight excluding hydrogens is 535 g/mol. The Morgan fingerprint density at radius 3 is 2.41 bits per heavy atom. The second-order valence-corrected chi connectivity index (χ2v) is 10.0. The van der Waals surface area contributed by atoms with E-state index in [1.54, 1.807) is 54.9 Å². The lowest BCUT2D eigenvalue weighted by atomic mass is 9.93. The zero-order valence-corrected chi connectivity index (χ0v) is 22.5. The molecule has 0 saturated carbocycles. The van der Waals surface area contributed by atoms with Crippen LogP contribution >= 0.6 is 23.2 Å². The van der Waals surface area contributed by atoms with Crippen LogP contribution in [0.25, 0.3) is 5.76 Å². The highest BCUT2D eigenvalue weighted by atomic mass is 35.5. The molecule has 5 rings (SSSR count). The van der Waals surface area contributed by atoms with Gasteiger partial charge in [0.25, 0.3) is 11.7 Å². The van der Waals surface area contributed by atoms with Crippen LogP contribution in [0.5, 0.6) is 5.75 Å². The largest absolute Gasteiger partial charge is 0.507 e. The highest BCUT2D eigenvalue weighted by molar-refractivity contribution is 6.46. The van der Waals surface area contributed by atoms with E-state index in [-0.39, 0.29) is 22.9 Å². The molecule has 1 aliphatic heterocycles. The molecule has 8 heteroatoms. The summed E-state index contributed by atoms with van der Waals surface area (Å²) in [5.41, 5.74) is 3.40. The minimum Gasteiger partial charge on any atom is -0.507 e. The van der Waals surface area contributed by atoms with Crippen LogP contribution in [0.4, 0.5) is 0 Å². The van der Waals surface area contributed by atoms with Crippen molar-refractivity contribution in [1.82, 2.24) is 9.88 Å². The van der Waals surface area contributed by atoms with Gasteiger partial charge in [-0.3, -0.25) is 14.6 Å². The van der Waals surface area contributed by atoms with Crippen LogP contribution in [-0.2, 0) is 22.7 Å². The van der Waals surface area contributed by atoms with Crippen molar-refractivity contribution >= 4 is 40.7 Å². The van der Waals surface area contributed by atoms with Crippen molar-refractivity contribution in [1.29, 1.82) is 0 Å². The summed E-state index contributed by atoms with van der Waals surface area (Å²) in [7, 11) is 0. The third-order valence-corrected chi connectivity index (χ3v) is 7.32. The lowest BCUT2D eigenvalue weighted by Crippen LogP contribution is -2.29. The predicted molar refractivity (Wildman–Crippen MR) is 150 cm³/mol. The molecule has 0 bridgehead atoms. The maximum absolute atomic E-state index is 13.4. The van der Waals surface area contributed by atoms with E-state index in [1.165, 1.54) is 4.90 Å². The van der Waals surface area contributed by atoms with E-state index < -0.39 is 17.7 Å². The highest BCUT2D eigenvalue weighted by Crippen LogP contribution is 2.42. The molecule has 0 spiro atoms. The molecule has 1 fully saturated rings. The van der Waals surface area contributed by atoms with Crippen LogP contribution in [0.1, 0.15) is 33.9 Å². The summed E-state index contributed by atoms with van der Waals surface area (Å²) in [4.78, 5) is 32.2. The lowest BCUT2D eigenvalue weighted by Gasteiger charge is -2.25. The average molecular weight is 559 g/mol. The molecule has 196 valence electrons. The Kier molecular flexibility index (Phi) is 7.68. The van der Waals surface area contributed by atoms with E-state index in [4.69, 9.17) is 27.9 Å². The number of rotatable bonds is 7. The van der Waals surface area contributed by atoms with Gasteiger partial charge in [0.15, 0.2) is 0 Å². The number of amides is 1. The number of ether oxygens (including phenoxy) is 1. The van der Waals surface area contributed by atoms with Gasteiger partial charge in [0.2, 0.25) is 0 Å². The molecule has 1 aliphatic rings. The molecule has 1 atom stereocenters. The summed E-state index contributed by atoms with van der Waals surface area (Å²) in [6.45, 7) is 2.32. The number of ketones is 1. The van der Waals surface area contributed by atoms with Crippen LogP contribution < -0.4 is 4.74 Å². The summed E-state index contributed by atoms with van der Waals surface area (Å²) in [6.07, 6.45) is 3.26. The normalized spacial score (nSPS) is 16.5. The Labute approximate surface area is 236 Å². The molecule has 0 aliphatic carbocycles. The smallest absolute Gasteiger partial charge is 0.295 e. The number of Topliss-reactive ketones (excluding diaryl/α,β-unsaturated/α-hetero) is 1. The summed E-state index contributed by atoms with van der Waals surface area (Å²) in [5.74, 6) is -1.16. The fraction of sp³-hybridized carbons (Fsp3) is 0.129. The third-order valence-electron chi connectivity index (χ3n) is 6.58. The number of aliphatic hydroxyl groups excluding tert-OH is 1. The van der Waals surface area contributed by atoms with Crippen molar-refractivity contribution in [3.63, 3.8) is 0 Å². The fourth-order valence-electron chi connectivity index (χ4n) is 4.64. The quantitative estimate of drug-likeness (QED) is 0.151. The van der Waals surface area contributed by atoms with Gasteiger partial charge in [-0.15, -0.1) is 0 Å². The molecule has 0 radical (unpaired) electrons. The predicted octanol–water partition coefficient (Wildman–Crippen LogP) is 6.90. The van der Waals surface area contributed by atoms with Gasteiger partial charge in [-0.1, -0.05) is 65.7 Å². The molecular formula is C31H24Cl2N2O4. The van der Waals surface area contributed by atoms with E-state index in [1.807, 2.05) is 43.3 Å². The summed E-state index contributed by atoms with van der Waals surface area (Å²) in [6, 6.07) is 22.6. The minimum absolute atomic E-state index is 0.0247. The summed E-state index contributed by atoms with van der Waals surface area (Å²) < 4.78 is 5.91. The number of aromatic nitrogens is 1. The van der Waals surface area contributed by atoms with E-state index in [0.717, 1.165) is 11.1 Å². The molecule has 39 heavy (non-hydrogen) atoms. The maximum atomic E-state index is 13.4. The molecule has 1 N–H and O–H groups in total. The van der Waals surface area contributed by atoms with Crippen molar-refractivity contribution in [2.75, 3.05) is 0 Å². The number of hydrogen-bond donors (Lipinski definition) is 1. The number of carbonyl (C=O) groups is 2. The number of carbonyl (C=O) groups excluding carboxylic acids is 2.